The first-order chi connectivity index (χ1) is 12.3. The summed E-state index contributed by atoms with van der Waals surface area (Å²) in [6, 6.07) is 10.3. The average molecular weight is 353 g/mol. The second kappa shape index (κ2) is 7.00. The Kier molecular flexibility index (Phi) is 4.75. The van der Waals surface area contributed by atoms with Crippen molar-refractivity contribution in [3.63, 3.8) is 0 Å². The first-order valence-electron chi connectivity index (χ1n) is 8.25. The van der Waals surface area contributed by atoms with Gasteiger partial charge in [-0.05, 0) is 54.8 Å². The summed E-state index contributed by atoms with van der Waals surface area (Å²) in [6.07, 6.45) is 0. The minimum Gasteiger partial charge on any atom is -0.330 e. The SMILES string of the molecule is C=C1NC(=O)N[C@@H](c2ccc(F)cc2)[C@@H]1C(=O)Nc1ccc(C)c(C)c1. The molecule has 2 atom stereocenters. The molecule has 1 aliphatic rings. The third-order valence-electron chi connectivity index (χ3n) is 4.56. The van der Waals surface area contributed by atoms with E-state index in [1.54, 1.807) is 12.1 Å². The van der Waals surface area contributed by atoms with Gasteiger partial charge in [0.2, 0.25) is 5.91 Å². The third-order valence-corrected chi connectivity index (χ3v) is 4.56. The van der Waals surface area contributed by atoms with Gasteiger partial charge in [0.05, 0.1) is 6.04 Å². The maximum absolute atomic E-state index is 13.2. The highest BCUT2D eigenvalue weighted by molar-refractivity contribution is 5.97. The average Bonchev–Trinajstić information content (AvgIpc) is 2.58. The third kappa shape index (κ3) is 3.59. The first kappa shape index (κ1) is 17.7. The van der Waals surface area contributed by atoms with E-state index in [-0.39, 0.29) is 11.7 Å². The maximum atomic E-state index is 13.2. The lowest BCUT2D eigenvalue weighted by molar-refractivity contribution is -0.119. The predicted molar refractivity (Wildman–Crippen MR) is 98.0 cm³/mol. The van der Waals surface area contributed by atoms with E-state index in [9.17, 15) is 14.0 Å². The molecule has 2 aromatic carbocycles. The van der Waals surface area contributed by atoms with Gasteiger partial charge in [-0.25, -0.2) is 9.18 Å². The van der Waals surface area contributed by atoms with Crippen LogP contribution >= 0.6 is 0 Å². The van der Waals surface area contributed by atoms with Crippen LogP contribution in [0, 0.1) is 25.6 Å². The summed E-state index contributed by atoms with van der Waals surface area (Å²) < 4.78 is 13.2. The van der Waals surface area contributed by atoms with Crippen LogP contribution in [0.4, 0.5) is 14.9 Å². The molecule has 0 bridgehead atoms. The highest BCUT2D eigenvalue weighted by Gasteiger charge is 2.37. The molecule has 2 aromatic rings. The molecule has 5 nitrogen and oxygen atoms in total. The number of benzene rings is 2. The van der Waals surface area contributed by atoms with E-state index in [0.717, 1.165) is 11.1 Å². The maximum Gasteiger partial charge on any atom is 0.319 e. The molecule has 3 rings (SSSR count). The van der Waals surface area contributed by atoms with E-state index in [0.29, 0.717) is 16.9 Å². The Bertz CT molecular complexity index is 877. The van der Waals surface area contributed by atoms with Gasteiger partial charge in [0.25, 0.3) is 0 Å². The number of hydrogen-bond acceptors (Lipinski definition) is 2. The van der Waals surface area contributed by atoms with E-state index in [4.69, 9.17) is 0 Å². The zero-order valence-electron chi connectivity index (χ0n) is 14.6. The standard InChI is InChI=1S/C20H20FN3O2/c1-11-4-9-16(10-12(11)2)23-19(25)17-13(3)22-20(26)24-18(17)14-5-7-15(21)8-6-14/h4-10,17-18H,3H2,1-2H3,(H,23,25)(H2,22,24,26)/t17-,18+/m1/s1. The van der Waals surface area contributed by atoms with Crippen LogP contribution in [0.15, 0.2) is 54.7 Å². The first-order valence-corrected chi connectivity index (χ1v) is 8.25. The lowest BCUT2D eigenvalue weighted by Crippen LogP contribution is -2.51. The number of carbonyl (C=O) groups excluding carboxylic acids is 2. The van der Waals surface area contributed by atoms with Crippen molar-refractivity contribution in [3.8, 4) is 0 Å². The van der Waals surface area contributed by atoms with Gasteiger partial charge in [0, 0.05) is 11.4 Å². The summed E-state index contributed by atoms with van der Waals surface area (Å²) >= 11 is 0. The summed E-state index contributed by atoms with van der Waals surface area (Å²) in [5, 5.41) is 8.14. The van der Waals surface area contributed by atoms with Crippen LogP contribution < -0.4 is 16.0 Å². The Labute approximate surface area is 151 Å². The molecule has 1 saturated heterocycles. The van der Waals surface area contributed by atoms with E-state index >= 15 is 0 Å². The molecule has 134 valence electrons. The van der Waals surface area contributed by atoms with Crippen molar-refractivity contribution in [1.29, 1.82) is 0 Å². The molecular formula is C20H20FN3O2. The molecule has 0 saturated carbocycles. The van der Waals surface area contributed by atoms with Crippen molar-refractivity contribution in [2.24, 2.45) is 5.92 Å². The van der Waals surface area contributed by atoms with Gasteiger partial charge in [-0.1, -0.05) is 24.8 Å². The van der Waals surface area contributed by atoms with Crippen molar-refractivity contribution >= 4 is 17.6 Å². The number of amides is 3. The molecule has 1 aliphatic heterocycles. The summed E-state index contributed by atoms with van der Waals surface area (Å²) in [4.78, 5) is 24.7. The number of urea groups is 1. The van der Waals surface area contributed by atoms with Crippen molar-refractivity contribution in [2.45, 2.75) is 19.9 Å². The largest absolute Gasteiger partial charge is 0.330 e. The second-order valence-electron chi connectivity index (χ2n) is 6.42. The zero-order valence-corrected chi connectivity index (χ0v) is 14.6. The van der Waals surface area contributed by atoms with E-state index in [1.165, 1.54) is 12.1 Å². The topological polar surface area (TPSA) is 70.2 Å². The Morgan fingerprint density at radius 3 is 2.46 bits per heavy atom. The zero-order chi connectivity index (χ0) is 18.8. The van der Waals surface area contributed by atoms with Gasteiger partial charge in [-0.2, -0.15) is 0 Å². The number of anilines is 1. The molecule has 3 amide bonds. The van der Waals surface area contributed by atoms with Gasteiger partial charge in [-0.15, -0.1) is 0 Å². The minimum atomic E-state index is -0.736. The molecule has 0 aromatic heterocycles. The lowest BCUT2D eigenvalue weighted by Gasteiger charge is -2.33. The summed E-state index contributed by atoms with van der Waals surface area (Å²) in [5.41, 5.74) is 3.78. The molecule has 0 unspecified atom stereocenters. The molecule has 0 spiro atoms. The Balaban J connectivity index is 1.88. The van der Waals surface area contributed by atoms with E-state index < -0.39 is 18.0 Å². The monoisotopic (exact) mass is 353 g/mol. The summed E-state index contributed by atoms with van der Waals surface area (Å²) in [7, 11) is 0. The van der Waals surface area contributed by atoms with Crippen LogP contribution in [-0.4, -0.2) is 11.9 Å². The van der Waals surface area contributed by atoms with Crippen LogP contribution in [0.5, 0.6) is 0 Å². The van der Waals surface area contributed by atoms with Gasteiger partial charge >= 0.3 is 6.03 Å². The Hall–Kier alpha value is -3.15. The van der Waals surface area contributed by atoms with Crippen molar-refractivity contribution in [2.75, 3.05) is 5.32 Å². The van der Waals surface area contributed by atoms with Crippen molar-refractivity contribution < 1.29 is 14.0 Å². The minimum absolute atomic E-state index is 0.296. The quantitative estimate of drug-likeness (QED) is 0.789. The summed E-state index contributed by atoms with van der Waals surface area (Å²) in [6.45, 7) is 7.79. The number of carbonyl (C=O) groups is 2. The lowest BCUT2D eigenvalue weighted by atomic mass is 9.88. The molecular weight excluding hydrogens is 333 g/mol. The van der Waals surface area contributed by atoms with Crippen LogP contribution in [0.3, 0.4) is 0 Å². The van der Waals surface area contributed by atoms with Gasteiger partial charge < -0.3 is 16.0 Å². The van der Waals surface area contributed by atoms with Crippen LogP contribution in [-0.2, 0) is 4.79 Å². The fraction of sp³-hybridized carbons (Fsp3) is 0.200. The molecule has 0 radical (unpaired) electrons. The number of rotatable bonds is 3. The molecule has 1 fully saturated rings. The van der Waals surface area contributed by atoms with Gasteiger partial charge in [0.15, 0.2) is 0 Å². The summed E-state index contributed by atoms with van der Waals surface area (Å²) in [5.74, 6) is -1.43. The molecule has 3 N–H and O–H groups in total. The van der Waals surface area contributed by atoms with Crippen molar-refractivity contribution in [1.82, 2.24) is 10.6 Å². The van der Waals surface area contributed by atoms with E-state index in [1.807, 2.05) is 32.0 Å². The Morgan fingerprint density at radius 2 is 1.81 bits per heavy atom. The van der Waals surface area contributed by atoms with Crippen molar-refractivity contribution in [3.05, 3.63) is 77.2 Å². The smallest absolute Gasteiger partial charge is 0.319 e. The van der Waals surface area contributed by atoms with Crippen LogP contribution in [0.25, 0.3) is 0 Å². The Morgan fingerprint density at radius 1 is 1.12 bits per heavy atom. The fourth-order valence-corrected chi connectivity index (χ4v) is 2.98. The molecule has 26 heavy (non-hydrogen) atoms. The van der Waals surface area contributed by atoms with Crippen LogP contribution in [0.1, 0.15) is 22.7 Å². The number of nitrogens with one attached hydrogen (secondary N) is 3. The molecule has 6 heteroatoms. The van der Waals surface area contributed by atoms with Gasteiger partial charge in [0.1, 0.15) is 11.7 Å². The van der Waals surface area contributed by atoms with Gasteiger partial charge in [-0.3, -0.25) is 4.79 Å². The fourth-order valence-electron chi connectivity index (χ4n) is 2.98. The predicted octanol–water partition coefficient (Wildman–Crippen LogP) is 3.57. The molecule has 1 heterocycles. The number of hydrogen-bond donors (Lipinski definition) is 3. The number of halogens is 1. The van der Waals surface area contributed by atoms with Crippen LogP contribution in [0.2, 0.25) is 0 Å². The molecule has 0 aliphatic carbocycles. The van der Waals surface area contributed by atoms with E-state index in [2.05, 4.69) is 22.5 Å². The number of aryl methyl sites for hydroxylation is 2. The normalized spacial score (nSPS) is 19.5. The second-order valence-corrected chi connectivity index (χ2v) is 6.42. The highest BCUT2D eigenvalue weighted by atomic mass is 19.1. The highest BCUT2D eigenvalue weighted by Crippen LogP contribution is 2.30.